The molecule has 34 heavy (non-hydrogen) atoms. The maximum atomic E-state index is 13.2. The van der Waals surface area contributed by atoms with E-state index in [4.69, 9.17) is 19.7 Å². The number of nitrogens with zero attached hydrogens (tertiary/aromatic N) is 3. The van der Waals surface area contributed by atoms with Gasteiger partial charge in [-0.2, -0.15) is 5.26 Å². The molecule has 3 heterocycles. The number of aromatic nitrogens is 2. The third-order valence-corrected chi connectivity index (χ3v) is 7.12. The van der Waals surface area contributed by atoms with Crippen LogP contribution in [0.3, 0.4) is 0 Å². The molecule has 170 valence electrons. The number of hydrogen-bond donors (Lipinski definition) is 0. The van der Waals surface area contributed by atoms with Gasteiger partial charge in [-0.3, -0.25) is 9.20 Å². The van der Waals surface area contributed by atoms with Crippen LogP contribution >= 0.6 is 11.3 Å². The number of benzene rings is 2. The Kier molecular flexibility index (Phi) is 6.01. The van der Waals surface area contributed by atoms with Crippen LogP contribution in [-0.2, 0) is 4.74 Å². The summed E-state index contributed by atoms with van der Waals surface area (Å²) in [6, 6.07) is 16.5. The van der Waals surface area contributed by atoms with E-state index < -0.39 is 0 Å². The second-order valence-electron chi connectivity index (χ2n) is 8.27. The van der Waals surface area contributed by atoms with Gasteiger partial charge in [0.1, 0.15) is 5.75 Å². The van der Waals surface area contributed by atoms with Crippen LogP contribution < -0.4 is 10.3 Å². The lowest BCUT2D eigenvalue weighted by Crippen LogP contribution is -2.47. The molecule has 1 saturated heterocycles. The molecular formula is C27H23N3O3S. The normalized spacial score (nSPS) is 17.9. The Hall–Kier alpha value is -3.73. The highest BCUT2D eigenvalue weighted by molar-refractivity contribution is 7.15. The predicted octanol–water partition coefficient (Wildman–Crippen LogP) is 5.16. The van der Waals surface area contributed by atoms with Crippen LogP contribution in [-0.4, -0.2) is 29.2 Å². The first kappa shape index (κ1) is 22.1. The summed E-state index contributed by atoms with van der Waals surface area (Å²) < 4.78 is 12.1. The monoisotopic (exact) mass is 469 g/mol. The molecule has 2 aliphatic rings. The molecule has 0 amide bonds. The number of methoxy groups -OCH3 is 1. The molecule has 0 spiro atoms. The third-order valence-electron chi connectivity index (χ3n) is 6.36. The van der Waals surface area contributed by atoms with E-state index in [2.05, 4.69) is 12.6 Å². The van der Waals surface area contributed by atoms with Crippen LogP contribution in [0.25, 0.3) is 21.7 Å². The van der Waals surface area contributed by atoms with Crippen LogP contribution in [0, 0.1) is 17.2 Å². The minimum Gasteiger partial charge on any atom is -0.496 e. The zero-order valence-corrected chi connectivity index (χ0v) is 19.5. The summed E-state index contributed by atoms with van der Waals surface area (Å²) in [5.74, 6) is 1.65. The van der Waals surface area contributed by atoms with Gasteiger partial charge in [0, 0.05) is 28.6 Å². The van der Waals surface area contributed by atoms with E-state index in [1.165, 1.54) is 28.6 Å². The Bertz CT molecular complexity index is 1450. The molecule has 0 N–H and O–H groups in total. The highest BCUT2D eigenvalue weighted by Gasteiger charge is 2.39. The van der Waals surface area contributed by atoms with Gasteiger partial charge in [-0.15, -0.1) is 11.3 Å². The number of fused-ring (bicyclic) bond motifs is 2. The average molecular weight is 470 g/mol. The summed E-state index contributed by atoms with van der Waals surface area (Å²) in [5.41, 5.74) is 3.35. The molecule has 6 nitrogen and oxygen atoms in total. The Morgan fingerprint density at radius 1 is 1.24 bits per heavy atom. The summed E-state index contributed by atoms with van der Waals surface area (Å²) in [5, 5.41) is 10.9. The lowest BCUT2D eigenvalue weighted by Gasteiger charge is -2.45. The van der Waals surface area contributed by atoms with E-state index >= 15 is 0 Å². The Labute approximate surface area is 201 Å². The van der Waals surface area contributed by atoms with E-state index in [9.17, 15) is 4.79 Å². The molecule has 1 saturated carbocycles. The standard InChI is InChI=1S/C22H15N3O2S.C5H8O/c1-14(17-5-3-4-6-18(17)27-2)20-19(16-9-7-15(13-23)8-10-16)21(26)25-11-12-28-22(25)24-20;1-2-5-4(1)3-6-5/h3-12H,1H2,2H3;4-5H,1-3H2. The molecular weight excluding hydrogens is 446 g/mol. The fourth-order valence-corrected chi connectivity index (χ4v) is 4.87. The minimum absolute atomic E-state index is 0.179. The van der Waals surface area contributed by atoms with Crippen molar-refractivity contribution in [2.24, 2.45) is 5.92 Å². The van der Waals surface area contributed by atoms with Crippen molar-refractivity contribution in [3.63, 3.8) is 0 Å². The van der Waals surface area contributed by atoms with Crippen LogP contribution in [0.15, 0.2) is 71.5 Å². The van der Waals surface area contributed by atoms with Crippen molar-refractivity contribution in [1.82, 2.24) is 9.38 Å². The summed E-state index contributed by atoms with van der Waals surface area (Å²) >= 11 is 1.38. The Balaban J connectivity index is 0.000000343. The number of nitriles is 1. The van der Waals surface area contributed by atoms with Gasteiger partial charge >= 0.3 is 0 Å². The van der Waals surface area contributed by atoms with Crippen molar-refractivity contribution in [3.8, 4) is 22.9 Å². The largest absolute Gasteiger partial charge is 0.496 e. The van der Waals surface area contributed by atoms with Gasteiger partial charge in [-0.25, -0.2) is 4.98 Å². The molecule has 2 unspecified atom stereocenters. The lowest BCUT2D eigenvalue weighted by molar-refractivity contribution is -0.173. The first-order chi connectivity index (χ1) is 16.6. The van der Waals surface area contributed by atoms with Crippen LogP contribution in [0.2, 0.25) is 0 Å². The van der Waals surface area contributed by atoms with Crippen molar-refractivity contribution in [1.29, 1.82) is 5.26 Å². The maximum absolute atomic E-state index is 13.2. The fourth-order valence-electron chi connectivity index (χ4n) is 4.17. The van der Waals surface area contributed by atoms with Gasteiger partial charge in [-0.05, 0) is 36.6 Å². The van der Waals surface area contributed by atoms with Gasteiger partial charge in [0.15, 0.2) is 4.96 Å². The van der Waals surface area contributed by atoms with Crippen LogP contribution in [0.1, 0.15) is 29.7 Å². The zero-order chi connectivity index (χ0) is 23.7. The van der Waals surface area contributed by atoms with Crippen LogP contribution in [0.5, 0.6) is 5.75 Å². The third kappa shape index (κ3) is 3.92. The first-order valence-electron chi connectivity index (χ1n) is 11.1. The predicted molar refractivity (Wildman–Crippen MR) is 133 cm³/mol. The molecule has 1 aliphatic heterocycles. The van der Waals surface area contributed by atoms with Gasteiger partial charge in [-0.1, -0.05) is 36.9 Å². The van der Waals surface area contributed by atoms with E-state index in [0.717, 1.165) is 18.1 Å². The van der Waals surface area contributed by atoms with Gasteiger partial charge in [0.25, 0.3) is 5.56 Å². The minimum atomic E-state index is -0.179. The summed E-state index contributed by atoms with van der Waals surface area (Å²) in [6.45, 7) is 5.28. The highest BCUT2D eigenvalue weighted by Crippen LogP contribution is 2.38. The summed E-state index contributed by atoms with van der Waals surface area (Å²) in [6.07, 6.45) is 5.19. The first-order valence-corrected chi connectivity index (χ1v) is 11.9. The summed E-state index contributed by atoms with van der Waals surface area (Å²) in [7, 11) is 1.60. The van der Waals surface area contributed by atoms with E-state index in [0.29, 0.717) is 44.8 Å². The van der Waals surface area contributed by atoms with Crippen molar-refractivity contribution < 1.29 is 9.47 Å². The molecule has 2 atom stereocenters. The Morgan fingerprint density at radius 2 is 2.00 bits per heavy atom. The average Bonchev–Trinajstić information content (AvgIpc) is 3.35. The second-order valence-corrected chi connectivity index (χ2v) is 9.15. The second kappa shape index (κ2) is 9.26. The molecule has 1 aliphatic carbocycles. The topological polar surface area (TPSA) is 76.6 Å². The van der Waals surface area contributed by atoms with Crippen molar-refractivity contribution in [2.75, 3.05) is 13.7 Å². The quantitative estimate of drug-likeness (QED) is 0.413. The SMILES string of the molecule is C1CC2OCC12.C=C(c1ccccc1OC)c1nc2sccn2c(=O)c1-c1ccc(C#N)cc1. The number of rotatable bonds is 4. The summed E-state index contributed by atoms with van der Waals surface area (Å²) in [4.78, 5) is 18.6. The van der Waals surface area contributed by atoms with E-state index in [1.807, 2.05) is 29.6 Å². The fraction of sp³-hybridized carbons (Fsp3) is 0.222. The van der Waals surface area contributed by atoms with Crippen molar-refractivity contribution in [3.05, 3.63) is 93.9 Å². The van der Waals surface area contributed by atoms with Crippen LogP contribution in [0.4, 0.5) is 0 Å². The number of para-hydroxylation sites is 1. The smallest absolute Gasteiger partial charge is 0.267 e. The van der Waals surface area contributed by atoms with Crippen molar-refractivity contribution >= 4 is 21.9 Å². The molecule has 2 fully saturated rings. The molecule has 0 radical (unpaired) electrons. The van der Waals surface area contributed by atoms with Gasteiger partial charge < -0.3 is 9.47 Å². The molecule has 0 bridgehead atoms. The van der Waals surface area contributed by atoms with Gasteiger partial charge in [0.05, 0.1) is 42.7 Å². The molecule has 7 heteroatoms. The number of thiazole rings is 1. The molecule has 2 aromatic carbocycles. The number of hydrogen-bond acceptors (Lipinski definition) is 6. The molecule has 2 aromatic heterocycles. The molecule has 4 aromatic rings. The number of ether oxygens (including phenoxy) is 2. The van der Waals surface area contributed by atoms with Gasteiger partial charge in [0.2, 0.25) is 0 Å². The highest BCUT2D eigenvalue weighted by atomic mass is 32.1. The zero-order valence-electron chi connectivity index (χ0n) is 18.7. The maximum Gasteiger partial charge on any atom is 0.267 e. The van der Waals surface area contributed by atoms with E-state index in [-0.39, 0.29) is 5.56 Å². The Morgan fingerprint density at radius 3 is 2.59 bits per heavy atom. The van der Waals surface area contributed by atoms with Crippen molar-refractivity contribution in [2.45, 2.75) is 18.9 Å². The van der Waals surface area contributed by atoms with E-state index in [1.54, 1.807) is 37.6 Å². The lowest BCUT2D eigenvalue weighted by atomic mass is 9.78. The molecule has 6 rings (SSSR count).